The number of nitrogens with zero attached hydrogens (tertiary/aromatic N) is 4. The molecule has 0 saturated carbocycles. The molecule has 0 saturated heterocycles. The van der Waals surface area contributed by atoms with E-state index in [4.69, 9.17) is 9.97 Å². The van der Waals surface area contributed by atoms with Gasteiger partial charge in [-0.2, -0.15) is 11.3 Å². The van der Waals surface area contributed by atoms with Gasteiger partial charge >= 0.3 is 21.1 Å². The van der Waals surface area contributed by atoms with Crippen LogP contribution < -0.4 is 0 Å². The van der Waals surface area contributed by atoms with Crippen LogP contribution in [0.5, 0.6) is 0 Å². The Morgan fingerprint density at radius 3 is 2.37 bits per heavy atom. The third-order valence-electron chi connectivity index (χ3n) is 7.18. The molecule has 0 radical (unpaired) electrons. The summed E-state index contributed by atoms with van der Waals surface area (Å²) in [5.74, 6) is 0. The third-order valence-corrected chi connectivity index (χ3v) is 8.25. The minimum Gasteiger partial charge on any atom is -0.346 e. The molecule has 0 spiro atoms. The number of fused-ring (bicyclic) bond motifs is 4. The van der Waals surface area contributed by atoms with Crippen molar-refractivity contribution in [3.05, 3.63) is 134 Å². The van der Waals surface area contributed by atoms with Gasteiger partial charge in [-0.15, -0.1) is 53.6 Å². The standard InChI is InChI=1S/C35H20N4S.Pt/c1-3-10-32-28(8-1)29-14-12-25(35-38-31-9-2-4-11-34(31)40-35)21-33(29)39(32)27-7-5-6-24(20-27)30-15-13-26(22-37-30)23-16-18-36-19-17-23;/h1-19,22H;/q-2;+2. The van der Waals surface area contributed by atoms with Crippen LogP contribution in [0.3, 0.4) is 0 Å². The molecule has 0 fully saturated rings. The Kier molecular flexibility index (Phi) is 6.54. The zero-order chi connectivity index (χ0) is 26.5. The van der Waals surface area contributed by atoms with Crippen LogP contribution in [0.4, 0.5) is 0 Å². The molecule has 6 heteroatoms. The Labute approximate surface area is 255 Å². The van der Waals surface area contributed by atoms with Crippen LogP contribution >= 0.6 is 11.3 Å². The monoisotopic (exact) mass is 723 g/mol. The number of hydrogen-bond acceptors (Lipinski definition) is 4. The molecule has 8 aromatic rings. The summed E-state index contributed by atoms with van der Waals surface area (Å²) in [6.45, 7) is 0. The SMILES string of the molecule is [Pt+2].[c-]1c(-c2ccc(-c3ccncc3)cn2)cccc1-n1c2[c-]c(-c3nc4ccccc4s3)ccc2c2ccccc21. The molecule has 0 aliphatic rings. The summed E-state index contributed by atoms with van der Waals surface area (Å²) in [4.78, 5) is 13.8. The molecule has 4 aromatic heterocycles. The summed E-state index contributed by atoms with van der Waals surface area (Å²) in [6.07, 6.45) is 5.50. The van der Waals surface area contributed by atoms with Gasteiger partial charge < -0.3 is 9.55 Å². The van der Waals surface area contributed by atoms with Crippen LogP contribution in [0.1, 0.15) is 0 Å². The topological polar surface area (TPSA) is 43.6 Å². The third kappa shape index (κ3) is 4.48. The molecule has 4 nitrogen and oxygen atoms in total. The van der Waals surface area contributed by atoms with Crippen LogP contribution in [-0.4, -0.2) is 19.5 Å². The number of pyridine rings is 2. The minimum atomic E-state index is 0. The van der Waals surface area contributed by atoms with Gasteiger partial charge in [0.15, 0.2) is 0 Å². The summed E-state index contributed by atoms with van der Waals surface area (Å²) < 4.78 is 3.42. The van der Waals surface area contributed by atoms with E-state index in [2.05, 4.69) is 107 Å². The zero-order valence-electron chi connectivity index (χ0n) is 21.6. The van der Waals surface area contributed by atoms with Gasteiger partial charge in [0.1, 0.15) is 0 Å². The summed E-state index contributed by atoms with van der Waals surface area (Å²) in [5, 5.41) is 3.30. The van der Waals surface area contributed by atoms with Crippen LogP contribution in [0.2, 0.25) is 0 Å². The normalized spacial score (nSPS) is 11.2. The Balaban J connectivity index is 0.00000276. The number of hydrogen-bond donors (Lipinski definition) is 0. The molecule has 0 unspecified atom stereocenters. The van der Waals surface area contributed by atoms with E-state index in [0.717, 1.165) is 60.6 Å². The number of thiazole rings is 1. The fourth-order valence-electron chi connectivity index (χ4n) is 5.26. The fourth-order valence-corrected chi connectivity index (χ4v) is 6.21. The second-order valence-electron chi connectivity index (χ2n) is 9.59. The van der Waals surface area contributed by atoms with Crippen LogP contribution in [0, 0.1) is 12.1 Å². The second-order valence-corrected chi connectivity index (χ2v) is 10.6. The van der Waals surface area contributed by atoms with Crippen molar-refractivity contribution in [1.29, 1.82) is 0 Å². The first-order valence-electron chi connectivity index (χ1n) is 13.0. The van der Waals surface area contributed by atoms with E-state index in [-0.39, 0.29) is 21.1 Å². The van der Waals surface area contributed by atoms with Gasteiger partial charge in [0.2, 0.25) is 0 Å². The molecule has 0 N–H and O–H groups in total. The molecule has 4 aromatic carbocycles. The maximum Gasteiger partial charge on any atom is 2.00 e. The quantitative estimate of drug-likeness (QED) is 0.171. The molecular weight excluding hydrogens is 704 g/mol. The molecular formula is C35H20N4PtS. The van der Waals surface area contributed by atoms with E-state index >= 15 is 0 Å². The van der Waals surface area contributed by atoms with E-state index in [1.165, 1.54) is 10.1 Å². The van der Waals surface area contributed by atoms with E-state index in [0.29, 0.717) is 0 Å². The Bertz CT molecular complexity index is 2130. The molecule has 41 heavy (non-hydrogen) atoms. The first kappa shape index (κ1) is 25.5. The average molecular weight is 724 g/mol. The smallest absolute Gasteiger partial charge is 0.346 e. The average Bonchev–Trinajstić information content (AvgIpc) is 3.61. The van der Waals surface area contributed by atoms with Gasteiger partial charge in [-0.25, -0.2) is 0 Å². The molecule has 0 aliphatic heterocycles. The zero-order valence-corrected chi connectivity index (χ0v) is 24.6. The molecule has 8 rings (SSSR count). The van der Waals surface area contributed by atoms with Crippen LogP contribution in [0.15, 0.2) is 122 Å². The van der Waals surface area contributed by atoms with Crippen molar-refractivity contribution >= 4 is 43.4 Å². The first-order valence-corrected chi connectivity index (χ1v) is 13.8. The van der Waals surface area contributed by atoms with Gasteiger partial charge in [-0.1, -0.05) is 47.9 Å². The van der Waals surface area contributed by atoms with E-state index in [1.54, 1.807) is 23.7 Å². The predicted octanol–water partition coefficient (Wildman–Crippen LogP) is 8.78. The number of para-hydroxylation sites is 2. The van der Waals surface area contributed by atoms with Crippen LogP contribution in [0.25, 0.3) is 70.7 Å². The summed E-state index contributed by atoms with van der Waals surface area (Å²) in [5.41, 5.74) is 9.03. The summed E-state index contributed by atoms with van der Waals surface area (Å²) >= 11 is 1.70. The van der Waals surface area contributed by atoms with E-state index in [1.807, 2.05) is 24.4 Å². The Morgan fingerprint density at radius 1 is 0.659 bits per heavy atom. The van der Waals surface area contributed by atoms with Gasteiger partial charge in [-0.3, -0.25) is 9.97 Å². The Morgan fingerprint density at radius 2 is 1.51 bits per heavy atom. The van der Waals surface area contributed by atoms with Crippen molar-refractivity contribution in [3.63, 3.8) is 0 Å². The van der Waals surface area contributed by atoms with Crippen molar-refractivity contribution in [2.45, 2.75) is 0 Å². The summed E-state index contributed by atoms with van der Waals surface area (Å²) in [7, 11) is 0. The first-order chi connectivity index (χ1) is 19.8. The van der Waals surface area contributed by atoms with E-state index < -0.39 is 0 Å². The number of aromatic nitrogens is 4. The van der Waals surface area contributed by atoms with Gasteiger partial charge in [0.05, 0.1) is 5.52 Å². The molecule has 0 aliphatic carbocycles. The maximum atomic E-state index is 4.89. The molecule has 4 heterocycles. The summed E-state index contributed by atoms with van der Waals surface area (Å²) in [6, 6.07) is 42.8. The second kappa shape index (κ2) is 10.5. The number of rotatable bonds is 4. The predicted molar refractivity (Wildman–Crippen MR) is 164 cm³/mol. The Hall–Kier alpha value is -4.44. The minimum absolute atomic E-state index is 0. The van der Waals surface area contributed by atoms with Gasteiger partial charge in [0.25, 0.3) is 0 Å². The number of benzene rings is 4. The molecule has 0 amide bonds. The maximum absolute atomic E-state index is 4.89. The van der Waals surface area contributed by atoms with Crippen molar-refractivity contribution in [2.75, 3.05) is 0 Å². The van der Waals surface area contributed by atoms with Crippen molar-refractivity contribution in [2.24, 2.45) is 0 Å². The van der Waals surface area contributed by atoms with Gasteiger partial charge in [0, 0.05) is 33.8 Å². The van der Waals surface area contributed by atoms with E-state index in [9.17, 15) is 0 Å². The molecule has 0 atom stereocenters. The van der Waals surface area contributed by atoms with Crippen LogP contribution in [-0.2, 0) is 21.1 Å². The molecule has 196 valence electrons. The van der Waals surface area contributed by atoms with Crippen molar-refractivity contribution < 1.29 is 21.1 Å². The molecule has 0 bridgehead atoms. The largest absolute Gasteiger partial charge is 2.00 e. The fraction of sp³-hybridized carbons (Fsp3) is 0. The van der Waals surface area contributed by atoms with Crippen molar-refractivity contribution in [3.8, 4) is 38.6 Å². The van der Waals surface area contributed by atoms with Gasteiger partial charge in [-0.05, 0) is 63.7 Å². The van der Waals surface area contributed by atoms with Crippen molar-refractivity contribution in [1.82, 2.24) is 19.5 Å².